The lowest BCUT2D eigenvalue weighted by molar-refractivity contribution is -0.0631. The van der Waals surface area contributed by atoms with Crippen LogP contribution in [0.25, 0.3) is 0 Å². The van der Waals surface area contributed by atoms with Crippen LogP contribution in [0, 0.1) is 0 Å². The fourth-order valence-electron chi connectivity index (χ4n) is 3.71. The predicted molar refractivity (Wildman–Crippen MR) is 91.5 cm³/mol. The van der Waals surface area contributed by atoms with Crippen LogP contribution in [0.1, 0.15) is 44.6 Å². The Balaban J connectivity index is 1.55. The second-order valence-corrected chi connectivity index (χ2v) is 6.95. The number of morpholine rings is 1. The van der Waals surface area contributed by atoms with Gasteiger partial charge in [-0.25, -0.2) is 4.79 Å². The molecule has 2 aliphatic rings. The monoisotopic (exact) mass is 316 g/mol. The molecule has 2 fully saturated rings. The number of hydrogen-bond donors (Lipinski definition) is 1. The Morgan fingerprint density at radius 1 is 1.17 bits per heavy atom. The maximum atomic E-state index is 12.6. The Kier molecular flexibility index (Phi) is 5.55. The number of rotatable bonds is 3. The third-order valence-electron chi connectivity index (χ3n) is 4.85. The second kappa shape index (κ2) is 7.82. The maximum Gasteiger partial charge on any atom is 0.317 e. The Morgan fingerprint density at radius 2 is 1.91 bits per heavy atom. The summed E-state index contributed by atoms with van der Waals surface area (Å²) in [7, 11) is 0. The average molecular weight is 316 g/mol. The number of hydrogen-bond acceptors (Lipinski definition) is 2. The molecule has 2 unspecified atom stereocenters. The Labute approximate surface area is 139 Å². The number of urea groups is 1. The molecule has 1 saturated carbocycles. The number of nitrogens with zero attached hydrogens (tertiary/aromatic N) is 1. The number of nitrogens with one attached hydrogen (secondary N) is 1. The quantitative estimate of drug-likeness (QED) is 0.929. The minimum absolute atomic E-state index is 0.0817. The van der Waals surface area contributed by atoms with Crippen LogP contribution in [-0.2, 0) is 11.2 Å². The highest BCUT2D eigenvalue weighted by molar-refractivity contribution is 5.74. The van der Waals surface area contributed by atoms with Crippen LogP contribution in [0.3, 0.4) is 0 Å². The van der Waals surface area contributed by atoms with E-state index in [1.807, 2.05) is 11.0 Å². The van der Waals surface area contributed by atoms with Crippen LogP contribution in [0.4, 0.5) is 4.79 Å². The molecule has 4 nitrogen and oxygen atoms in total. The molecule has 2 atom stereocenters. The topological polar surface area (TPSA) is 41.6 Å². The molecule has 3 rings (SSSR count). The summed E-state index contributed by atoms with van der Waals surface area (Å²) in [6.45, 7) is 3.42. The number of amides is 2. The third kappa shape index (κ3) is 4.71. The Bertz CT molecular complexity index is 499. The van der Waals surface area contributed by atoms with Gasteiger partial charge in [-0.3, -0.25) is 0 Å². The van der Waals surface area contributed by atoms with E-state index in [-0.39, 0.29) is 18.2 Å². The first-order valence-corrected chi connectivity index (χ1v) is 8.95. The molecule has 0 bridgehead atoms. The van der Waals surface area contributed by atoms with Gasteiger partial charge in [-0.1, -0.05) is 49.6 Å². The molecule has 1 aromatic rings. The molecule has 1 N–H and O–H groups in total. The summed E-state index contributed by atoms with van der Waals surface area (Å²) in [6, 6.07) is 10.8. The minimum Gasteiger partial charge on any atom is -0.371 e. The van der Waals surface area contributed by atoms with Gasteiger partial charge in [0.1, 0.15) is 0 Å². The van der Waals surface area contributed by atoms with Crippen LogP contribution in [-0.4, -0.2) is 42.3 Å². The van der Waals surface area contributed by atoms with Gasteiger partial charge in [-0.15, -0.1) is 0 Å². The van der Waals surface area contributed by atoms with Gasteiger partial charge in [0.15, 0.2) is 0 Å². The lowest BCUT2D eigenvalue weighted by Crippen LogP contribution is -2.54. The highest BCUT2D eigenvalue weighted by Crippen LogP contribution is 2.19. The summed E-state index contributed by atoms with van der Waals surface area (Å²) < 4.78 is 6.04. The number of carbonyl (C=O) groups excluding carboxylic acids is 1. The molecular formula is C19H28N2O2. The highest BCUT2D eigenvalue weighted by Gasteiger charge is 2.29. The van der Waals surface area contributed by atoms with Crippen molar-refractivity contribution in [3.05, 3.63) is 35.9 Å². The SMILES string of the molecule is CC1CN(C(=O)NC2CCCCC2)CC(Cc2ccccc2)O1. The third-order valence-corrected chi connectivity index (χ3v) is 4.85. The minimum atomic E-state index is 0.0817. The van der Waals surface area contributed by atoms with Crippen molar-refractivity contribution >= 4 is 6.03 Å². The fraction of sp³-hybridized carbons (Fsp3) is 0.632. The molecule has 126 valence electrons. The zero-order valence-corrected chi connectivity index (χ0v) is 14.0. The molecule has 0 aromatic heterocycles. The van der Waals surface area contributed by atoms with E-state index in [0.717, 1.165) is 19.3 Å². The lowest BCUT2D eigenvalue weighted by Gasteiger charge is -2.38. The molecule has 1 aliphatic heterocycles. The molecule has 1 aromatic carbocycles. The van der Waals surface area contributed by atoms with Crippen LogP contribution in [0.2, 0.25) is 0 Å². The molecule has 0 radical (unpaired) electrons. The van der Waals surface area contributed by atoms with E-state index in [4.69, 9.17) is 4.74 Å². The van der Waals surface area contributed by atoms with Gasteiger partial charge in [-0.2, -0.15) is 0 Å². The standard InChI is InChI=1S/C19H28N2O2/c1-15-13-21(19(22)20-17-10-6-3-7-11-17)14-18(23-15)12-16-8-4-2-5-9-16/h2,4-5,8-9,15,17-18H,3,6-7,10-14H2,1H3,(H,20,22). The van der Waals surface area contributed by atoms with Gasteiger partial charge in [0.2, 0.25) is 0 Å². The predicted octanol–water partition coefficient (Wildman–Crippen LogP) is 3.36. The van der Waals surface area contributed by atoms with E-state index >= 15 is 0 Å². The normalized spacial score (nSPS) is 26.0. The summed E-state index contributed by atoms with van der Waals surface area (Å²) in [4.78, 5) is 14.5. The van der Waals surface area contributed by atoms with Crippen molar-refractivity contribution < 1.29 is 9.53 Å². The van der Waals surface area contributed by atoms with Gasteiger partial charge >= 0.3 is 6.03 Å². The van der Waals surface area contributed by atoms with Crippen molar-refractivity contribution in [2.45, 2.75) is 63.7 Å². The van der Waals surface area contributed by atoms with Crippen molar-refractivity contribution in [2.75, 3.05) is 13.1 Å². The lowest BCUT2D eigenvalue weighted by atomic mass is 9.96. The van der Waals surface area contributed by atoms with Gasteiger partial charge in [0.05, 0.1) is 12.2 Å². The van der Waals surface area contributed by atoms with Crippen molar-refractivity contribution in [1.82, 2.24) is 10.2 Å². The summed E-state index contributed by atoms with van der Waals surface area (Å²) in [5.74, 6) is 0. The van der Waals surface area contributed by atoms with E-state index < -0.39 is 0 Å². The van der Waals surface area contributed by atoms with Crippen molar-refractivity contribution in [3.8, 4) is 0 Å². The Morgan fingerprint density at radius 3 is 2.65 bits per heavy atom. The van der Waals surface area contributed by atoms with E-state index in [1.165, 1.54) is 24.8 Å². The highest BCUT2D eigenvalue weighted by atomic mass is 16.5. The molecule has 4 heteroatoms. The molecule has 1 heterocycles. The van der Waals surface area contributed by atoms with Crippen LogP contribution < -0.4 is 5.32 Å². The van der Waals surface area contributed by atoms with E-state index in [1.54, 1.807) is 0 Å². The smallest absolute Gasteiger partial charge is 0.317 e. The maximum absolute atomic E-state index is 12.6. The summed E-state index contributed by atoms with van der Waals surface area (Å²) in [6.07, 6.45) is 7.06. The first kappa shape index (κ1) is 16.3. The van der Waals surface area contributed by atoms with Gasteiger partial charge in [0, 0.05) is 25.6 Å². The zero-order valence-electron chi connectivity index (χ0n) is 14.0. The molecule has 2 amide bonds. The van der Waals surface area contributed by atoms with Crippen LogP contribution in [0.5, 0.6) is 0 Å². The summed E-state index contributed by atoms with van der Waals surface area (Å²) in [5.41, 5.74) is 1.26. The summed E-state index contributed by atoms with van der Waals surface area (Å²) >= 11 is 0. The van der Waals surface area contributed by atoms with Crippen molar-refractivity contribution in [2.24, 2.45) is 0 Å². The van der Waals surface area contributed by atoms with Crippen LogP contribution >= 0.6 is 0 Å². The largest absolute Gasteiger partial charge is 0.371 e. The number of benzene rings is 1. The van der Waals surface area contributed by atoms with Crippen molar-refractivity contribution in [3.63, 3.8) is 0 Å². The van der Waals surface area contributed by atoms with Crippen molar-refractivity contribution in [1.29, 1.82) is 0 Å². The van der Waals surface area contributed by atoms with Gasteiger partial charge in [0.25, 0.3) is 0 Å². The Hall–Kier alpha value is -1.55. The first-order chi connectivity index (χ1) is 11.2. The average Bonchev–Trinajstić information content (AvgIpc) is 2.56. The first-order valence-electron chi connectivity index (χ1n) is 8.95. The van der Waals surface area contributed by atoms with E-state index in [2.05, 4.69) is 36.5 Å². The molecule has 23 heavy (non-hydrogen) atoms. The molecular weight excluding hydrogens is 288 g/mol. The van der Waals surface area contributed by atoms with E-state index in [9.17, 15) is 4.79 Å². The second-order valence-electron chi connectivity index (χ2n) is 6.95. The number of carbonyl (C=O) groups is 1. The van der Waals surface area contributed by atoms with E-state index in [0.29, 0.717) is 19.1 Å². The van der Waals surface area contributed by atoms with Gasteiger partial charge < -0.3 is 15.0 Å². The molecule has 1 aliphatic carbocycles. The molecule has 1 saturated heterocycles. The summed E-state index contributed by atoms with van der Waals surface area (Å²) in [5, 5.41) is 3.22. The van der Waals surface area contributed by atoms with Crippen LogP contribution in [0.15, 0.2) is 30.3 Å². The van der Waals surface area contributed by atoms with Gasteiger partial charge in [-0.05, 0) is 25.3 Å². The fourth-order valence-corrected chi connectivity index (χ4v) is 3.71. The zero-order chi connectivity index (χ0) is 16.1. The molecule has 0 spiro atoms. The number of ether oxygens (including phenoxy) is 1.